The molecule has 19 heavy (non-hydrogen) atoms. The first-order valence-corrected chi connectivity index (χ1v) is 6.92. The van der Waals surface area contributed by atoms with Crippen LogP contribution in [0.4, 0.5) is 0 Å². The van der Waals surface area contributed by atoms with Crippen LogP contribution in [0.5, 0.6) is 0 Å². The van der Waals surface area contributed by atoms with Crippen molar-refractivity contribution in [3.8, 4) is 0 Å². The molecule has 1 aromatic carbocycles. The van der Waals surface area contributed by atoms with Crippen LogP contribution in [0.2, 0.25) is 0 Å². The number of hydrogen-bond acceptors (Lipinski definition) is 3. The van der Waals surface area contributed by atoms with Crippen molar-refractivity contribution in [1.29, 1.82) is 0 Å². The Kier molecular flexibility index (Phi) is 3.94. The topological polar surface area (TPSA) is 46.6 Å². The largest absolute Gasteiger partial charge is 0.467 e. The molecule has 0 unspecified atom stereocenters. The van der Waals surface area contributed by atoms with E-state index in [-0.39, 0.29) is 17.8 Å². The maximum atomic E-state index is 12.4. The number of rotatable bonds is 3. The third-order valence-corrected chi connectivity index (χ3v) is 3.81. The van der Waals surface area contributed by atoms with Crippen LogP contribution in [0.3, 0.4) is 0 Å². The van der Waals surface area contributed by atoms with Crippen LogP contribution < -0.4 is 0 Å². The number of carbonyl (C=O) groups excluding carboxylic acids is 2. The molecular formula is C14H16BrNO3. The summed E-state index contributed by atoms with van der Waals surface area (Å²) in [7, 11) is 1.35. The van der Waals surface area contributed by atoms with E-state index < -0.39 is 6.04 Å². The summed E-state index contributed by atoms with van der Waals surface area (Å²) >= 11 is 3.36. The van der Waals surface area contributed by atoms with E-state index in [2.05, 4.69) is 15.9 Å². The van der Waals surface area contributed by atoms with Crippen molar-refractivity contribution in [2.45, 2.75) is 26.4 Å². The van der Waals surface area contributed by atoms with Gasteiger partial charge in [-0.2, -0.15) is 0 Å². The van der Waals surface area contributed by atoms with Crippen molar-refractivity contribution < 1.29 is 14.3 Å². The highest BCUT2D eigenvalue weighted by Gasteiger charge is 2.38. The van der Waals surface area contributed by atoms with Crippen molar-refractivity contribution in [2.24, 2.45) is 5.92 Å². The Morgan fingerprint density at radius 1 is 1.42 bits per heavy atom. The van der Waals surface area contributed by atoms with Crippen LogP contribution in [-0.4, -0.2) is 29.9 Å². The summed E-state index contributed by atoms with van der Waals surface area (Å²) in [4.78, 5) is 25.9. The number of benzene rings is 1. The molecule has 0 spiro atoms. The zero-order chi connectivity index (χ0) is 14.2. The second kappa shape index (κ2) is 5.33. The van der Waals surface area contributed by atoms with Crippen LogP contribution in [0.25, 0.3) is 0 Å². The summed E-state index contributed by atoms with van der Waals surface area (Å²) in [6, 6.07) is 5.07. The number of carbonyl (C=O) groups is 2. The molecule has 0 aliphatic carbocycles. The molecule has 1 amide bonds. The summed E-state index contributed by atoms with van der Waals surface area (Å²) < 4.78 is 5.68. The van der Waals surface area contributed by atoms with Crippen LogP contribution in [0.1, 0.15) is 29.8 Å². The lowest BCUT2D eigenvalue weighted by molar-refractivity contribution is -0.147. The molecule has 1 aliphatic heterocycles. The number of halogens is 1. The van der Waals surface area contributed by atoms with Gasteiger partial charge in [-0.25, -0.2) is 4.79 Å². The predicted octanol–water partition coefficient (Wildman–Crippen LogP) is 2.60. The van der Waals surface area contributed by atoms with Crippen molar-refractivity contribution in [1.82, 2.24) is 4.90 Å². The number of amides is 1. The molecule has 1 aromatic rings. The Bertz CT molecular complexity index is 527. The van der Waals surface area contributed by atoms with E-state index in [4.69, 9.17) is 4.74 Å². The molecular weight excluding hydrogens is 310 g/mol. The second-order valence-electron chi connectivity index (χ2n) is 4.95. The Hall–Kier alpha value is -1.36. The third-order valence-electron chi connectivity index (χ3n) is 3.31. The molecule has 4 nitrogen and oxygen atoms in total. The lowest BCUT2D eigenvalue weighted by Gasteiger charge is -2.28. The first-order valence-electron chi connectivity index (χ1n) is 6.13. The molecule has 0 bridgehead atoms. The zero-order valence-corrected chi connectivity index (χ0v) is 12.7. The molecule has 1 aliphatic rings. The SMILES string of the molecule is COC(=O)[C@H](C(C)C)N1Cc2ccc(Br)cc2C1=O. The van der Waals surface area contributed by atoms with E-state index >= 15 is 0 Å². The minimum atomic E-state index is -0.538. The van der Waals surface area contributed by atoms with Gasteiger partial charge in [0.15, 0.2) is 0 Å². The maximum absolute atomic E-state index is 12.4. The molecule has 0 fully saturated rings. The van der Waals surface area contributed by atoms with Gasteiger partial charge in [0.1, 0.15) is 6.04 Å². The van der Waals surface area contributed by atoms with Crippen molar-refractivity contribution >= 4 is 27.8 Å². The fourth-order valence-corrected chi connectivity index (χ4v) is 2.76. The molecule has 102 valence electrons. The molecule has 0 N–H and O–H groups in total. The molecule has 1 atom stereocenters. The van der Waals surface area contributed by atoms with E-state index in [1.54, 1.807) is 11.0 Å². The number of hydrogen-bond donors (Lipinski definition) is 0. The summed E-state index contributed by atoms with van der Waals surface area (Å²) in [6.07, 6.45) is 0. The Labute approximate surface area is 120 Å². The smallest absolute Gasteiger partial charge is 0.328 e. The molecule has 1 heterocycles. The van der Waals surface area contributed by atoms with E-state index in [1.165, 1.54) is 7.11 Å². The average Bonchev–Trinajstić information content (AvgIpc) is 2.67. The zero-order valence-electron chi connectivity index (χ0n) is 11.1. The van der Waals surface area contributed by atoms with Gasteiger partial charge in [0.25, 0.3) is 5.91 Å². The van der Waals surface area contributed by atoms with Crippen LogP contribution in [0.15, 0.2) is 22.7 Å². The lowest BCUT2D eigenvalue weighted by Crippen LogP contribution is -2.45. The molecule has 2 rings (SSSR count). The van der Waals surface area contributed by atoms with Gasteiger partial charge in [0, 0.05) is 16.6 Å². The lowest BCUT2D eigenvalue weighted by atomic mass is 10.0. The number of esters is 1. The Balaban J connectivity index is 2.34. The van der Waals surface area contributed by atoms with Gasteiger partial charge in [0.2, 0.25) is 0 Å². The predicted molar refractivity (Wildman–Crippen MR) is 74.7 cm³/mol. The van der Waals surface area contributed by atoms with Gasteiger partial charge in [-0.05, 0) is 23.6 Å². The minimum Gasteiger partial charge on any atom is -0.467 e. The Morgan fingerprint density at radius 2 is 2.11 bits per heavy atom. The summed E-state index contributed by atoms with van der Waals surface area (Å²) in [5.74, 6) is -0.468. The van der Waals surface area contributed by atoms with Gasteiger partial charge < -0.3 is 9.64 Å². The number of fused-ring (bicyclic) bond motifs is 1. The number of nitrogens with zero attached hydrogens (tertiary/aromatic N) is 1. The highest BCUT2D eigenvalue weighted by Crippen LogP contribution is 2.29. The van der Waals surface area contributed by atoms with E-state index in [9.17, 15) is 9.59 Å². The third kappa shape index (κ3) is 2.52. The number of ether oxygens (including phenoxy) is 1. The molecule has 0 saturated heterocycles. The van der Waals surface area contributed by atoms with Crippen LogP contribution in [0, 0.1) is 5.92 Å². The quantitative estimate of drug-likeness (QED) is 0.802. The highest BCUT2D eigenvalue weighted by molar-refractivity contribution is 9.10. The summed E-state index contributed by atoms with van der Waals surface area (Å²) in [5.41, 5.74) is 1.60. The molecule has 5 heteroatoms. The van der Waals surface area contributed by atoms with Gasteiger partial charge in [-0.15, -0.1) is 0 Å². The average molecular weight is 326 g/mol. The highest BCUT2D eigenvalue weighted by atomic mass is 79.9. The monoisotopic (exact) mass is 325 g/mol. The van der Waals surface area contributed by atoms with Crippen molar-refractivity contribution in [3.63, 3.8) is 0 Å². The van der Waals surface area contributed by atoms with Gasteiger partial charge >= 0.3 is 5.97 Å². The molecule has 0 saturated carbocycles. The van der Waals surface area contributed by atoms with Crippen molar-refractivity contribution in [2.75, 3.05) is 7.11 Å². The summed E-state index contributed by atoms with van der Waals surface area (Å²) in [6.45, 7) is 4.28. The second-order valence-corrected chi connectivity index (χ2v) is 5.86. The van der Waals surface area contributed by atoms with Gasteiger partial charge in [-0.1, -0.05) is 35.8 Å². The molecule has 0 radical (unpaired) electrons. The van der Waals surface area contributed by atoms with E-state index in [0.717, 1.165) is 10.0 Å². The van der Waals surface area contributed by atoms with Crippen LogP contribution in [-0.2, 0) is 16.1 Å². The normalized spacial score (nSPS) is 15.6. The summed E-state index contributed by atoms with van der Waals surface area (Å²) in [5, 5.41) is 0. The fraction of sp³-hybridized carbons (Fsp3) is 0.429. The van der Waals surface area contributed by atoms with E-state index in [0.29, 0.717) is 12.1 Å². The van der Waals surface area contributed by atoms with Gasteiger partial charge in [-0.3, -0.25) is 4.79 Å². The first-order chi connectivity index (χ1) is 8.95. The fourth-order valence-electron chi connectivity index (χ4n) is 2.40. The van der Waals surface area contributed by atoms with E-state index in [1.807, 2.05) is 26.0 Å². The van der Waals surface area contributed by atoms with Gasteiger partial charge in [0.05, 0.1) is 7.11 Å². The minimum absolute atomic E-state index is 0.00847. The van der Waals surface area contributed by atoms with Crippen molar-refractivity contribution in [3.05, 3.63) is 33.8 Å². The maximum Gasteiger partial charge on any atom is 0.328 e. The molecule has 0 aromatic heterocycles. The van der Waals surface area contributed by atoms with Crippen LogP contribution >= 0.6 is 15.9 Å². The number of methoxy groups -OCH3 is 1. The standard InChI is InChI=1S/C14H16BrNO3/c1-8(2)12(14(18)19-3)16-7-9-4-5-10(15)6-11(9)13(16)17/h4-6,8,12H,7H2,1-3H3/t12-/m0/s1. The Morgan fingerprint density at radius 3 is 2.68 bits per heavy atom. The first kappa shape index (κ1) is 14.1.